The van der Waals surface area contributed by atoms with Gasteiger partial charge in [0.25, 0.3) is 11.5 Å². The summed E-state index contributed by atoms with van der Waals surface area (Å²) in [5.74, 6) is -0.674. The van der Waals surface area contributed by atoms with Gasteiger partial charge in [0.05, 0.1) is 15.7 Å². The van der Waals surface area contributed by atoms with Crippen LogP contribution in [0.4, 0.5) is 5.69 Å². The van der Waals surface area contributed by atoms with Gasteiger partial charge in [-0.3, -0.25) is 14.6 Å². The maximum Gasteiger partial charge on any atom is 0.326 e. The summed E-state index contributed by atoms with van der Waals surface area (Å²) >= 11 is 11.7. The van der Waals surface area contributed by atoms with Crippen LogP contribution in [-0.2, 0) is 0 Å². The molecule has 1 heterocycles. The van der Waals surface area contributed by atoms with Crippen molar-refractivity contribution in [3.8, 4) is 0 Å². The molecule has 0 unspecified atom stereocenters. The third-order valence-corrected chi connectivity index (χ3v) is 3.02. The Morgan fingerprint density at radius 3 is 2.58 bits per heavy atom. The molecule has 1 aromatic heterocycles. The van der Waals surface area contributed by atoms with Crippen molar-refractivity contribution in [1.29, 1.82) is 0 Å². The molecule has 0 atom stereocenters. The third-order valence-electron chi connectivity index (χ3n) is 2.20. The topological polar surface area (TPSA) is 94.8 Å². The van der Waals surface area contributed by atoms with Crippen molar-refractivity contribution in [2.45, 2.75) is 0 Å². The molecule has 1 aromatic carbocycles. The lowest BCUT2D eigenvalue weighted by Crippen LogP contribution is -2.27. The maximum atomic E-state index is 11.8. The van der Waals surface area contributed by atoms with E-state index in [4.69, 9.17) is 23.2 Å². The molecule has 6 nitrogen and oxygen atoms in total. The Morgan fingerprint density at radius 1 is 1.16 bits per heavy atom. The van der Waals surface area contributed by atoms with Gasteiger partial charge < -0.3 is 10.3 Å². The Hall–Kier alpha value is -2.05. The minimum atomic E-state index is -0.769. The van der Waals surface area contributed by atoms with Crippen molar-refractivity contribution in [1.82, 2.24) is 9.97 Å². The number of amides is 1. The number of halogens is 2. The van der Waals surface area contributed by atoms with Crippen LogP contribution >= 0.6 is 23.2 Å². The van der Waals surface area contributed by atoms with Crippen LogP contribution < -0.4 is 16.6 Å². The quantitative estimate of drug-likeness (QED) is 0.786. The van der Waals surface area contributed by atoms with Crippen LogP contribution in [0.3, 0.4) is 0 Å². The molecule has 0 bridgehead atoms. The molecule has 2 rings (SSSR count). The lowest BCUT2D eigenvalue weighted by Gasteiger charge is -2.07. The molecular formula is C11H7Cl2N3O3. The predicted octanol–water partition coefficient (Wildman–Crippen LogP) is 1.62. The SMILES string of the molecule is O=C(Nc1cccc(Cl)c1Cl)c1cc(=O)[nH]c(=O)[nH]1. The lowest BCUT2D eigenvalue weighted by atomic mass is 10.3. The van der Waals surface area contributed by atoms with Crippen LogP contribution in [0.25, 0.3) is 0 Å². The van der Waals surface area contributed by atoms with Crippen LogP contribution in [-0.4, -0.2) is 15.9 Å². The molecule has 2 aromatic rings. The molecule has 0 saturated heterocycles. The van der Waals surface area contributed by atoms with E-state index in [1.165, 1.54) is 6.07 Å². The van der Waals surface area contributed by atoms with Gasteiger partial charge in [-0.25, -0.2) is 4.79 Å². The van der Waals surface area contributed by atoms with E-state index in [9.17, 15) is 14.4 Å². The van der Waals surface area contributed by atoms with Gasteiger partial charge in [0.15, 0.2) is 0 Å². The summed E-state index contributed by atoms with van der Waals surface area (Å²) in [5, 5.41) is 2.89. The highest BCUT2D eigenvalue weighted by Crippen LogP contribution is 2.29. The normalized spacial score (nSPS) is 10.2. The minimum Gasteiger partial charge on any atom is -0.319 e. The second-order valence-electron chi connectivity index (χ2n) is 3.56. The van der Waals surface area contributed by atoms with E-state index in [0.717, 1.165) is 6.07 Å². The number of aromatic nitrogens is 2. The van der Waals surface area contributed by atoms with Gasteiger partial charge in [-0.2, -0.15) is 0 Å². The average molecular weight is 300 g/mol. The van der Waals surface area contributed by atoms with Crippen LogP contribution in [0, 0.1) is 0 Å². The van der Waals surface area contributed by atoms with Crippen LogP contribution in [0.15, 0.2) is 33.9 Å². The molecule has 0 aliphatic rings. The molecule has 1 amide bonds. The van der Waals surface area contributed by atoms with E-state index in [2.05, 4.69) is 10.3 Å². The van der Waals surface area contributed by atoms with Gasteiger partial charge in [0, 0.05) is 6.07 Å². The van der Waals surface area contributed by atoms with E-state index in [1.807, 2.05) is 4.98 Å². The summed E-state index contributed by atoms with van der Waals surface area (Å²) in [5.41, 5.74) is -1.34. The number of anilines is 1. The molecule has 0 aliphatic carbocycles. The zero-order chi connectivity index (χ0) is 14.0. The van der Waals surface area contributed by atoms with E-state index in [0.29, 0.717) is 0 Å². The molecule has 3 N–H and O–H groups in total. The molecule has 0 radical (unpaired) electrons. The second kappa shape index (κ2) is 5.29. The highest BCUT2D eigenvalue weighted by molar-refractivity contribution is 6.44. The molecule has 0 fully saturated rings. The first-order chi connectivity index (χ1) is 8.97. The second-order valence-corrected chi connectivity index (χ2v) is 4.34. The highest BCUT2D eigenvalue weighted by atomic mass is 35.5. The Balaban J connectivity index is 2.33. The van der Waals surface area contributed by atoms with Crippen LogP contribution in [0.5, 0.6) is 0 Å². The van der Waals surface area contributed by atoms with E-state index < -0.39 is 17.2 Å². The summed E-state index contributed by atoms with van der Waals surface area (Å²) in [6.07, 6.45) is 0. The molecule has 8 heteroatoms. The third kappa shape index (κ3) is 3.04. The Bertz CT molecular complexity index is 723. The van der Waals surface area contributed by atoms with Crippen molar-refractivity contribution in [3.05, 3.63) is 60.8 Å². The fourth-order valence-corrected chi connectivity index (χ4v) is 1.73. The first-order valence-corrected chi connectivity index (χ1v) is 5.82. The van der Waals surface area contributed by atoms with Crippen molar-refractivity contribution in [3.63, 3.8) is 0 Å². The number of carbonyl (C=O) groups is 1. The van der Waals surface area contributed by atoms with Crippen molar-refractivity contribution >= 4 is 34.8 Å². The van der Waals surface area contributed by atoms with E-state index in [-0.39, 0.29) is 21.4 Å². The Labute approximate surface area is 116 Å². The van der Waals surface area contributed by atoms with Gasteiger partial charge >= 0.3 is 5.69 Å². The smallest absolute Gasteiger partial charge is 0.319 e. The molecule has 0 aliphatic heterocycles. The monoisotopic (exact) mass is 299 g/mol. The van der Waals surface area contributed by atoms with Gasteiger partial charge in [0.1, 0.15) is 5.69 Å². The van der Waals surface area contributed by atoms with E-state index >= 15 is 0 Å². The Kier molecular flexibility index (Phi) is 3.73. The zero-order valence-corrected chi connectivity index (χ0v) is 10.8. The summed E-state index contributed by atoms with van der Waals surface area (Å²) in [4.78, 5) is 38.1. The molecule has 0 saturated carbocycles. The van der Waals surface area contributed by atoms with Crippen LogP contribution in [0.2, 0.25) is 10.0 Å². The number of rotatable bonds is 2. The average Bonchev–Trinajstić information content (AvgIpc) is 2.33. The molecular weight excluding hydrogens is 293 g/mol. The maximum absolute atomic E-state index is 11.8. The van der Waals surface area contributed by atoms with Crippen molar-refractivity contribution < 1.29 is 4.79 Å². The molecule has 0 spiro atoms. The van der Waals surface area contributed by atoms with Gasteiger partial charge in [-0.05, 0) is 12.1 Å². The predicted molar refractivity (Wildman–Crippen MR) is 72.1 cm³/mol. The highest BCUT2D eigenvalue weighted by Gasteiger charge is 2.11. The fraction of sp³-hybridized carbons (Fsp3) is 0. The first kappa shape index (κ1) is 13.4. The van der Waals surface area contributed by atoms with Gasteiger partial charge in [0.2, 0.25) is 0 Å². The zero-order valence-electron chi connectivity index (χ0n) is 9.29. The van der Waals surface area contributed by atoms with Crippen LogP contribution in [0.1, 0.15) is 10.5 Å². The largest absolute Gasteiger partial charge is 0.326 e. The molecule has 19 heavy (non-hydrogen) atoms. The lowest BCUT2D eigenvalue weighted by molar-refractivity contribution is 0.102. The summed E-state index contributed by atoms with van der Waals surface area (Å²) in [6.45, 7) is 0. The van der Waals surface area contributed by atoms with Crippen molar-refractivity contribution in [2.75, 3.05) is 5.32 Å². The van der Waals surface area contributed by atoms with Gasteiger partial charge in [-0.1, -0.05) is 29.3 Å². The summed E-state index contributed by atoms with van der Waals surface area (Å²) in [6, 6.07) is 5.67. The fourth-order valence-electron chi connectivity index (χ4n) is 1.38. The van der Waals surface area contributed by atoms with Gasteiger partial charge in [-0.15, -0.1) is 0 Å². The Morgan fingerprint density at radius 2 is 1.89 bits per heavy atom. The van der Waals surface area contributed by atoms with Crippen molar-refractivity contribution in [2.24, 2.45) is 0 Å². The number of H-pyrrole nitrogens is 2. The summed E-state index contributed by atoms with van der Waals surface area (Å²) < 4.78 is 0. The number of aromatic amines is 2. The number of benzene rings is 1. The minimum absolute atomic E-state index is 0.171. The number of hydrogen-bond donors (Lipinski definition) is 3. The summed E-state index contributed by atoms with van der Waals surface area (Å²) in [7, 11) is 0. The number of nitrogens with one attached hydrogen (secondary N) is 3. The number of carbonyl (C=O) groups excluding carboxylic acids is 1. The first-order valence-electron chi connectivity index (χ1n) is 5.06. The molecule has 98 valence electrons. The van der Waals surface area contributed by atoms with E-state index in [1.54, 1.807) is 12.1 Å². The standard InChI is InChI=1S/C11H7Cl2N3O3/c12-5-2-1-3-6(9(5)13)14-10(18)7-4-8(17)16-11(19)15-7/h1-4H,(H,14,18)(H2,15,16,17,19). The number of hydrogen-bond acceptors (Lipinski definition) is 3.